The van der Waals surface area contributed by atoms with Gasteiger partial charge < -0.3 is 9.47 Å². The summed E-state index contributed by atoms with van der Waals surface area (Å²) in [5, 5.41) is 7.34. The van der Waals surface area contributed by atoms with Gasteiger partial charge in [-0.2, -0.15) is 5.10 Å². The van der Waals surface area contributed by atoms with E-state index in [-0.39, 0.29) is 5.92 Å². The van der Waals surface area contributed by atoms with E-state index in [0.29, 0.717) is 22.5 Å². The number of H-pyrrole nitrogens is 1. The summed E-state index contributed by atoms with van der Waals surface area (Å²) in [4.78, 5) is 15.0. The molecule has 2 fully saturated rings. The van der Waals surface area contributed by atoms with Crippen LogP contribution in [-0.2, 0) is 11.3 Å². The zero-order valence-corrected chi connectivity index (χ0v) is 16.3. The molecule has 1 amide bonds. The van der Waals surface area contributed by atoms with Crippen molar-refractivity contribution in [1.82, 2.24) is 19.7 Å². The number of rotatable bonds is 4. The Morgan fingerprint density at radius 1 is 1.31 bits per heavy atom. The molecule has 5 nitrogen and oxygen atoms in total. The van der Waals surface area contributed by atoms with Crippen molar-refractivity contribution in [3.8, 4) is 0 Å². The highest BCUT2D eigenvalue weighted by molar-refractivity contribution is 7.71. The Bertz CT molecular complexity index is 863. The van der Waals surface area contributed by atoms with Gasteiger partial charge in [-0.05, 0) is 62.4 Å². The first kappa shape index (κ1) is 17.5. The number of likely N-dealkylation sites (tertiary alicyclic amines) is 1. The Balaban J connectivity index is 1.37. The Morgan fingerprint density at radius 2 is 2.04 bits per heavy atom. The minimum Gasteiger partial charge on any atom is -0.342 e. The van der Waals surface area contributed by atoms with E-state index in [2.05, 4.69) is 57.8 Å². The van der Waals surface area contributed by atoms with Gasteiger partial charge in [-0.1, -0.05) is 24.3 Å². The zero-order chi connectivity index (χ0) is 18.3. The van der Waals surface area contributed by atoms with Crippen LogP contribution in [0.1, 0.15) is 55.0 Å². The highest BCUT2D eigenvalue weighted by atomic mass is 32.1. The summed E-state index contributed by atoms with van der Waals surface area (Å²) in [6.07, 6.45) is 2.93. The van der Waals surface area contributed by atoms with E-state index >= 15 is 0 Å². The molecule has 2 aromatic rings. The lowest BCUT2D eigenvalue weighted by molar-refractivity contribution is -0.133. The Kier molecular flexibility index (Phi) is 4.69. The van der Waals surface area contributed by atoms with Crippen LogP contribution in [-0.4, -0.2) is 38.7 Å². The van der Waals surface area contributed by atoms with Crippen molar-refractivity contribution in [2.75, 3.05) is 13.1 Å². The molecule has 2 aliphatic rings. The molecule has 2 atom stereocenters. The normalized spacial score (nSPS) is 23.2. The van der Waals surface area contributed by atoms with Gasteiger partial charge in [-0.25, -0.2) is 0 Å². The minimum atomic E-state index is 0.179. The third-order valence-corrected chi connectivity index (χ3v) is 6.28. The second-order valence-electron chi connectivity index (χ2n) is 7.54. The molecule has 0 unspecified atom stereocenters. The molecular formula is C20H26N4OS. The van der Waals surface area contributed by atoms with Crippen LogP contribution in [0.2, 0.25) is 0 Å². The lowest BCUT2D eigenvalue weighted by atomic mass is 9.95. The van der Waals surface area contributed by atoms with Gasteiger partial charge in [-0.15, -0.1) is 0 Å². The second-order valence-corrected chi connectivity index (χ2v) is 7.92. The average molecular weight is 371 g/mol. The van der Waals surface area contributed by atoms with Gasteiger partial charge in [0.2, 0.25) is 5.91 Å². The summed E-state index contributed by atoms with van der Waals surface area (Å²) in [6, 6.07) is 8.45. The van der Waals surface area contributed by atoms with E-state index in [1.54, 1.807) is 0 Å². The zero-order valence-electron chi connectivity index (χ0n) is 15.4. The van der Waals surface area contributed by atoms with Crippen molar-refractivity contribution < 1.29 is 4.79 Å². The van der Waals surface area contributed by atoms with Crippen LogP contribution in [0.4, 0.5) is 0 Å². The highest BCUT2D eigenvalue weighted by Crippen LogP contribution is 2.49. The van der Waals surface area contributed by atoms with Crippen LogP contribution in [0.25, 0.3) is 0 Å². The molecule has 26 heavy (non-hydrogen) atoms. The van der Waals surface area contributed by atoms with Gasteiger partial charge >= 0.3 is 0 Å². The van der Waals surface area contributed by atoms with Crippen molar-refractivity contribution in [2.24, 2.45) is 5.92 Å². The summed E-state index contributed by atoms with van der Waals surface area (Å²) >= 11 is 5.30. The largest absolute Gasteiger partial charge is 0.342 e. The van der Waals surface area contributed by atoms with Gasteiger partial charge in [-0.3, -0.25) is 9.89 Å². The number of amides is 1. The monoisotopic (exact) mass is 370 g/mol. The summed E-state index contributed by atoms with van der Waals surface area (Å²) < 4.78 is 2.77. The number of hydrogen-bond donors (Lipinski definition) is 1. The number of piperidine rings is 1. The van der Waals surface area contributed by atoms with Gasteiger partial charge in [0.1, 0.15) is 5.82 Å². The number of hydrogen-bond acceptors (Lipinski definition) is 3. The molecule has 1 aromatic heterocycles. The Hall–Kier alpha value is -1.95. The maximum absolute atomic E-state index is 12.9. The number of benzene rings is 1. The molecule has 1 saturated carbocycles. The average Bonchev–Trinajstić information content (AvgIpc) is 3.36. The minimum absolute atomic E-state index is 0.179. The SMILES string of the molecule is CCn1c(C2CCN(C(=O)[C@@H]3C[C@@H]3c3ccccc3C)CC2)n[nH]c1=S. The number of aryl methyl sites for hydroxylation is 1. The van der Waals surface area contributed by atoms with Crippen molar-refractivity contribution in [1.29, 1.82) is 0 Å². The van der Waals surface area contributed by atoms with E-state index in [1.807, 2.05) is 0 Å². The Morgan fingerprint density at radius 3 is 2.73 bits per heavy atom. The molecule has 1 aliphatic heterocycles. The van der Waals surface area contributed by atoms with E-state index in [4.69, 9.17) is 12.2 Å². The summed E-state index contributed by atoms with van der Waals surface area (Å²) in [7, 11) is 0. The maximum Gasteiger partial charge on any atom is 0.226 e. The van der Waals surface area contributed by atoms with Crippen LogP contribution < -0.4 is 0 Å². The summed E-state index contributed by atoms with van der Waals surface area (Å²) in [5.74, 6) is 2.37. The quantitative estimate of drug-likeness (QED) is 0.834. The first-order valence-electron chi connectivity index (χ1n) is 9.59. The predicted molar refractivity (Wildman–Crippen MR) is 104 cm³/mol. The van der Waals surface area contributed by atoms with Gasteiger partial charge in [0.15, 0.2) is 4.77 Å². The smallest absolute Gasteiger partial charge is 0.226 e. The Labute approximate surface area is 159 Å². The van der Waals surface area contributed by atoms with Crippen molar-refractivity contribution in [3.05, 3.63) is 46.0 Å². The number of carbonyl (C=O) groups excluding carboxylic acids is 1. The first-order valence-corrected chi connectivity index (χ1v) is 10.0. The number of nitrogens with one attached hydrogen (secondary N) is 1. The van der Waals surface area contributed by atoms with Gasteiger partial charge in [0, 0.05) is 31.5 Å². The molecule has 6 heteroatoms. The second kappa shape index (κ2) is 6.99. The summed E-state index contributed by atoms with van der Waals surface area (Å²) in [6.45, 7) is 6.71. The number of nitrogens with zero attached hydrogens (tertiary/aromatic N) is 3. The fourth-order valence-electron chi connectivity index (χ4n) is 4.35. The third-order valence-electron chi connectivity index (χ3n) is 5.97. The van der Waals surface area contributed by atoms with Crippen molar-refractivity contribution in [2.45, 2.75) is 51.5 Å². The summed E-state index contributed by atoms with van der Waals surface area (Å²) in [5.41, 5.74) is 2.65. The molecule has 1 aliphatic carbocycles. The predicted octanol–water partition coefficient (Wildman–Crippen LogP) is 3.78. The lowest BCUT2D eigenvalue weighted by Crippen LogP contribution is -2.39. The van der Waals surface area contributed by atoms with Crippen LogP contribution in [0, 0.1) is 17.6 Å². The fraction of sp³-hybridized carbons (Fsp3) is 0.550. The van der Waals surface area contributed by atoms with Crippen LogP contribution in [0.3, 0.4) is 0 Å². The maximum atomic E-state index is 12.9. The van der Waals surface area contributed by atoms with Crippen LogP contribution in [0.15, 0.2) is 24.3 Å². The molecular weight excluding hydrogens is 344 g/mol. The molecule has 0 bridgehead atoms. The first-order chi connectivity index (χ1) is 12.6. The van der Waals surface area contributed by atoms with Gasteiger partial charge in [0.25, 0.3) is 0 Å². The fourth-order valence-corrected chi connectivity index (χ4v) is 4.62. The number of aromatic nitrogens is 3. The topological polar surface area (TPSA) is 53.9 Å². The molecule has 1 saturated heterocycles. The number of carbonyl (C=O) groups is 1. The molecule has 2 heterocycles. The molecule has 1 aromatic carbocycles. The molecule has 138 valence electrons. The van der Waals surface area contributed by atoms with E-state index in [1.165, 1.54) is 11.1 Å². The molecule has 0 radical (unpaired) electrons. The van der Waals surface area contributed by atoms with Crippen molar-refractivity contribution in [3.63, 3.8) is 0 Å². The van der Waals surface area contributed by atoms with Gasteiger partial charge in [0.05, 0.1) is 0 Å². The molecule has 4 rings (SSSR count). The molecule has 0 spiro atoms. The lowest BCUT2D eigenvalue weighted by Gasteiger charge is -2.32. The van der Waals surface area contributed by atoms with Crippen molar-refractivity contribution >= 4 is 18.1 Å². The molecule has 1 N–H and O–H groups in total. The van der Waals surface area contributed by atoms with Crippen LogP contribution >= 0.6 is 12.2 Å². The standard InChI is InChI=1S/C20H26N4OS/c1-3-24-18(21-22-20(24)26)14-8-10-23(11-9-14)19(25)17-12-16(17)15-7-5-4-6-13(15)2/h4-7,14,16-17H,3,8-12H2,1-2H3,(H,22,26)/t16-,17-/m1/s1. The van der Waals surface area contributed by atoms with E-state index in [9.17, 15) is 4.79 Å². The number of aromatic amines is 1. The van der Waals surface area contributed by atoms with Crippen LogP contribution in [0.5, 0.6) is 0 Å². The highest BCUT2D eigenvalue weighted by Gasteiger charge is 2.46. The third kappa shape index (κ3) is 3.11. The van der Waals surface area contributed by atoms with E-state index in [0.717, 1.165) is 44.7 Å². The van der Waals surface area contributed by atoms with E-state index < -0.39 is 0 Å².